The maximum Gasteiger partial charge on any atom is 0.140 e. The fourth-order valence-corrected chi connectivity index (χ4v) is 2.84. The summed E-state index contributed by atoms with van der Waals surface area (Å²) in [6, 6.07) is 3.68. The number of aliphatic hydroxyl groups is 1. The summed E-state index contributed by atoms with van der Waals surface area (Å²) in [5.74, 6) is 0. The Labute approximate surface area is 114 Å². The number of rotatable bonds is 2. The number of hydrogen-bond donors (Lipinski definition) is 1. The van der Waals surface area contributed by atoms with Gasteiger partial charge in [-0.2, -0.15) is 0 Å². The molecule has 1 aliphatic heterocycles. The Hall–Kier alpha value is -0.810. The van der Waals surface area contributed by atoms with Gasteiger partial charge in [0.2, 0.25) is 0 Å². The minimum atomic E-state index is -0.0831. The van der Waals surface area contributed by atoms with E-state index >= 15 is 0 Å². The monoisotopic (exact) mass is 286 g/mol. The highest BCUT2D eigenvalue weighted by molar-refractivity contribution is 6.36. The first-order chi connectivity index (χ1) is 8.69. The van der Waals surface area contributed by atoms with Gasteiger partial charge in [0.15, 0.2) is 0 Å². The highest BCUT2D eigenvalue weighted by Crippen LogP contribution is 2.33. The van der Waals surface area contributed by atoms with Crippen LogP contribution in [-0.4, -0.2) is 27.4 Å². The van der Waals surface area contributed by atoms with Crippen molar-refractivity contribution in [3.8, 4) is 0 Å². The third kappa shape index (κ3) is 1.99. The first-order valence-electron chi connectivity index (χ1n) is 5.78. The van der Waals surface area contributed by atoms with Gasteiger partial charge in [-0.3, -0.25) is 0 Å². The smallest absolute Gasteiger partial charge is 0.140 e. The third-order valence-corrected chi connectivity index (χ3v) is 3.72. The lowest BCUT2D eigenvalue weighted by Crippen LogP contribution is -2.13. The lowest BCUT2D eigenvalue weighted by molar-refractivity contribution is -0.0202. The van der Waals surface area contributed by atoms with Crippen molar-refractivity contribution in [3.05, 3.63) is 28.6 Å². The average Bonchev–Trinajstić information content (AvgIpc) is 2.93. The van der Waals surface area contributed by atoms with E-state index in [1.807, 2.05) is 16.8 Å². The first kappa shape index (κ1) is 12.2. The second kappa shape index (κ2) is 4.70. The van der Waals surface area contributed by atoms with Crippen molar-refractivity contribution in [1.82, 2.24) is 9.55 Å². The van der Waals surface area contributed by atoms with Gasteiger partial charge >= 0.3 is 0 Å². The number of fused-ring (bicyclic) bond motifs is 1. The normalized spacial score (nSPS) is 23.9. The molecule has 1 aliphatic rings. The van der Waals surface area contributed by atoms with Crippen LogP contribution in [0.5, 0.6) is 0 Å². The number of aromatic nitrogens is 2. The Bertz CT molecular complexity index is 585. The van der Waals surface area contributed by atoms with Crippen LogP contribution in [0.2, 0.25) is 10.3 Å². The molecular weight excluding hydrogens is 275 g/mol. The Kier molecular flexibility index (Phi) is 3.20. The number of aliphatic hydroxyl groups excluding tert-OH is 1. The van der Waals surface area contributed by atoms with Crippen LogP contribution in [0, 0.1) is 0 Å². The van der Waals surface area contributed by atoms with Gasteiger partial charge < -0.3 is 14.4 Å². The molecule has 0 spiro atoms. The molecule has 0 radical (unpaired) electrons. The predicted molar refractivity (Wildman–Crippen MR) is 70.0 cm³/mol. The van der Waals surface area contributed by atoms with E-state index < -0.39 is 0 Å². The molecule has 3 heterocycles. The second-order valence-corrected chi connectivity index (χ2v) is 5.11. The maximum absolute atomic E-state index is 9.10. The van der Waals surface area contributed by atoms with Crippen molar-refractivity contribution in [1.29, 1.82) is 0 Å². The van der Waals surface area contributed by atoms with Gasteiger partial charge in [0.05, 0.1) is 18.2 Å². The molecule has 2 atom stereocenters. The zero-order valence-corrected chi connectivity index (χ0v) is 11.0. The van der Waals surface area contributed by atoms with E-state index in [2.05, 4.69) is 4.98 Å². The van der Waals surface area contributed by atoms with Gasteiger partial charge in [-0.25, -0.2) is 4.98 Å². The van der Waals surface area contributed by atoms with E-state index in [0.717, 1.165) is 23.7 Å². The summed E-state index contributed by atoms with van der Waals surface area (Å²) in [6.07, 6.45) is 3.48. The number of halogens is 2. The largest absolute Gasteiger partial charge is 0.394 e. The molecule has 0 saturated carbocycles. The molecule has 0 unspecified atom stereocenters. The number of pyridine rings is 1. The first-order valence-corrected chi connectivity index (χ1v) is 6.53. The summed E-state index contributed by atoms with van der Waals surface area (Å²) in [6.45, 7) is 0.0543. The van der Waals surface area contributed by atoms with Gasteiger partial charge in [0, 0.05) is 11.6 Å². The van der Waals surface area contributed by atoms with Crippen LogP contribution >= 0.6 is 23.2 Å². The SMILES string of the molecule is OC[C@@H]1CC[C@@H](n2ccc3c(Cl)nc(Cl)cc32)O1. The van der Waals surface area contributed by atoms with Crippen LogP contribution in [0.15, 0.2) is 18.3 Å². The fraction of sp³-hybridized carbons (Fsp3) is 0.417. The second-order valence-electron chi connectivity index (χ2n) is 4.36. The molecule has 0 aromatic carbocycles. The van der Waals surface area contributed by atoms with Crippen molar-refractivity contribution in [2.24, 2.45) is 0 Å². The lowest BCUT2D eigenvalue weighted by Gasteiger charge is -2.15. The van der Waals surface area contributed by atoms with Crippen LogP contribution in [0.25, 0.3) is 10.9 Å². The molecule has 4 nitrogen and oxygen atoms in total. The summed E-state index contributed by atoms with van der Waals surface area (Å²) in [4.78, 5) is 4.01. The minimum absolute atomic E-state index is 0.0543. The van der Waals surface area contributed by atoms with Crippen LogP contribution in [0.3, 0.4) is 0 Å². The molecular formula is C12H12Cl2N2O2. The van der Waals surface area contributed by atoms with Crippen molar-refractivity contribution < 1.29 is 9.84 Å². The maximum atomic E-state index is 9.10. The van der Waals surface area contributed by atoms with Crippen molar-refractivity contribution in [3.63, 3.8) is 0 Å². The Morgan fingerprint density at radius 3 is 3.00 bits per heavy atom. The molecule has 0 bridgehead atoms. The van der Waals surface area contributed by atoms with Gasteiger partial charge in [0.1, 0.15) is 16.5 Å². The topological polar surface area (TPSA) is 47.3 Å². The van der Waals surface area contributed by atoms with Crippen molar-refractivity contribution in [2.75, 3.05) is 6.61 Å². The quantitative estimate of drug-likeness (QED) is 0.864. The number of nitrogens with zero attached hydrogens (tertiary/aromatic N) is 2. The van der Waals surface area contributed by atoms with Crippen LogP contribution in [0.4, 0.5) is 0 Å². The standard InChI is InChI=1S/C12H12Cl2N2O2/c13-10-5-9-8(12(14)15-10)3-4-16(9)11-2-1-7(6-17)18-11/h3-5,7,11,17H,1-2,6H2/t7-,11-/m0/s1. The fourth-order valence-electron chi connectivity index (χ4n) is 2.36. The Morgan fingerprint density at radius 2 is 2.28 bits per heavy atom. The van der Waals surface area contributed by atoms with Crippen molar-refractivity contribution >= 4 is 34.1 Å². The summed E-state index contributed by atoms with van der Waals surface area (Å²) >= 11 is 12.0. The zero-order valence-electron chi connectivity index (χ0n) is 9.51. The van der Waals surface area contributed by atoms with Crippen molar-refractivity contribution in [2.45, 2.75) is 25.2 Å². The lowest BCUT2D eigenvalue weighted by atomic mass is 10.2. The Morgan fingerprint density at radius 1 is 1.44 bits per heavy atom. The van der Waals surface area contributed by atoms with E-state index in [1.54, 1.807) is 6.07 Å². The highest BCUT2D eigenvalue weighted by atomic mass is 35.5. The molecule has 2 aromatic heterocycles. The number of ether oxygens (including phenoxy) is 1. The highest BCUT2D eigenvalue weighted by Gasteiger charge is 2.26. The van der Waals surface area contributed by atoms with Crippen LogP contribution < -0.4 is 0 Å². The van der Waals surface area contributed by atoms with E-state index in [-0.39, 0.29) is 18.9 Å². The number of hydrogen-bond acceptors (Lipinski definition) is 3. The molecule has 2 aromatic rings. The minimum Gasteiger partial charge on any atom is -0.394 e. The van der Waals surface area contributed by atoms with E-state index in [0.29, 0.717) is 10.3 Å². The summed E-state index contributed by atoms with van der Waals surface area (Å²) in [5.41, 5.74) is 0.906. The molecule has 0 aliphatic carbocycles. The molecule has 1 saturated heterocycles. The van der Waals surface area contributed by atoms with Gasteiger partial charge in [-0.05, 0) is 25.0 Å². The molecule has 1 fully saturated rings. The third-order valence-electron chi connectivity index (χ3n) is 3.24. The molecule has 1 N–H and O–H groups in total. The molecule has 96 valence electrons. The van der Waals surface area contributed by atoms with E-state index in [9.17, 15) is 0 Å². The van der Waals surface area contributed by atoms with Crippen LogP contribution in [0.1, 0.15) is 19.1 Å². The van der Waals surface area contributed by atoms with E-state index in [1.165, 1.54) is 0 Å². The van der Waals surface area contributed by atoms with Gasteiger partial charge in [0.25, 0.3) is 0 Å². The molecule has 6 heteroatoms. The molecule has 0 amide bonds. The van der Waals surface area contributed by atoms with Crippen LogP contribution in [-0.2, 0) is 4.74 Å². The Balaban J connectivity index is 2.03. The molecule has 3 rings (SSSR count). The summed E-state index contributed by atoms with van der Waals surface area (Å²) in [7, 11) is 0. The predicted octanol–water partition coefficient (Wildman–Crippen LogP) is 3.01. The molecule has 18 heavy (non-hydrogen) atoms. The van der Waals surface area contributed by atoms with Gasteiger partial charge in [-0.1, -0.05) is 23.2 Å². The van der Waals surface area contributed by atoms with Gasteiger partial charge in [-0.15, -0.1) is 0 Å². The summed E-state index contributed by atoms with van der Waals surface area (Å²) < 4.78 is 7.74. The zero-order chi connectivity index (χ0) is 12.7. The van der Waals surface area contributed by atoms with E-state index in [4.69, 9.17) is 33.0 Å². The average molecular weight is 287 g/mol. The summed E-state index contributed by atoms with van der Waals surface area (Å²) in [5, 5.41) is 10.7.